The fraction of sp³-hybridized carbons (Fsp3) is 0.250. The van der Waals surface area contributed by atoms with Crippen molar-refractivity contribution in [2.45, 2.75) is 0 Å². The zero-order chi connectivity index (χ0) is 20.1. The van der Waals surface area contributed by atoms with Crippen LogP contribution in [0.4, 0.5) is 4.79 Å². The molecule has 0 aromatic heterocycles. The van der Waals surface area contributed by atoms with Gasteiger partial charge in [-0.3, -0.25) is 24.1 Å². The van der Waals surface area contributed by atoms with Gasteiger partial charge in [-0.05, 0) is 35.5 Å². The fourth-order valence-corrected chi connectivity index (χ4v) is 3.20. The van der Waals surface area contributed by atoms with Crippen molar-refractivity contribution < 1.29 is 33.4 Å². The van der Waals surface area contributed by atoms with Crippen LogP contribution in [0.15, 0.2) is 17.0 Å². The van der Waals surface area contributed by atoms with E-state index in [0.717, 1.165) is 12.0 Å². The Kier molecular flexibility index (Phi) is 6.70. The van der Waals surface area contributed by atoms with E-state index in [4.69, 9.17) is 26.8 Å². The Morgan fingerprint density at radius 2 is 2.00 bits per heavy atom. The average Bonchev–Trinajstić information content (AvgIpc) is 2.87. The molecule has 0 bridgehead atoms. The molecule has 144 valence electrons. The highest BCUT2D eigenvalue weighted by Gasteiger charge is 2.36. The Balaban J connectivity index is 2.29. The monoisotopic (exact) mass is 414 g/mol. The van der Waals surface area contributed by atoms with Crippen molar-refractivity contribution in [2.24, 2.45) is 5.73 Å². The highest BCUT2D eigenvalue weighted by Crippen LogP contribution is 2.38. The fourth-order valence-electron chi connectivity index (χ4n) is 2.09. The minimum Gasteiger partial charge on any atom is -0.493 e. The normalized spacial score (nSPS) is 15.2. The molecule has 1 aliphatic heterocycles. The summed E-state index contributed by atoms with van der Waals surface area (Å²) in [5.41, 5.74) is 5.49. The summed E-state index contributed by atoms with van der Waals surface area (Å²) in [7, 11) is 2.53. The van der Waals surface area contributed by atoms with E-state index < -0.39 is 29.6 Å². The second-order valence-electron chi connectivity index (χ2n) is 5.13. The molecule has 1 heterocycles. The van der Waals surface area contributed by atoms with E-state index in [2.05, 4.69) is 4.74 Å². The molecule has 1 aromatic rings. The molecular formula is C16H15ClN2O7S. The molecule has 2 N–H and O–H groups in total. The highest BCUT2D eigenvalue weighted by molar-refractivity contribution is 8.18. The molecule has 1 aliphatic rings. The van der Waals surface area contributed by atoms with Gasteiger partial charge < -0.3 is 19.9 Å². The van der Waals surface area contributed by atoms with E-state index >= 15 is 0 Å². The lowest BCUT2D eigenvalue weighted by molar-refractivity contribution is -0.143. The summed E-state index contributed by atoms with van der Waals surface area (Å²) in [4.78, 5) is 47.3. The summed E-state index contributed by atoms with van der Waals surface area (Å²) >= 11 is 6.83. The second kappa shape index (κ2) is 8.78. The molecule has 0 unspecified atom stereocenters. The van der Waals surface area contributed by atoms with Gasteiger partial charge in [-0.15, -0.1) is 0 Å². The quantitative estimate of drug-likeness (QED) is 0.524. The number of nitrogens with zero attached hydrogens (tertiary/aromatic N) is 1. The number of hydrogen-bond donors (Lipinski definition) is 1. The first-order valence-corrected chi connectivity index (χ1v) is 8.57. The Morgan fingerprint density at radius 3 is 2.59 bits per heavy atom. The number of carbonyl (C=O) groups is 4. The maximum atomic E-state index is 12.3. The van der Waals surface area contributed by atoms with Crippen LogP contribution in [0.5, 0.6) is 11.5 Å². The van der Waals surface area contributed by atoms with Crippen LogP contribution in [0, 0.1) is 0 Å². The maximum absolute atomic E-state index is 12.3. The lowest BCUT2D eigenvalue weighted by Gasteiger charge is -2.12. The average molecular weight is 415 g/mol. The molecule has 0 aliphatic carbocycles. The predicted octanol–water partition coefficient (Wildman–Crippen LogP) is 1.42. The smallest absolute Gasteiger partial charge is 0.325 e. The molecule has 0 spiro atoms. The number of nitrogens with two attached hydrogens (primary N) is 1. The van der Waals surface area contributed by atoms with Crippen molar-refractivity contribution in [2.75, 3.05) is 27.4 Å². The van der Waals surface area contributed by atoms with E-state index in [9.17, 15) is 19.2 Å². The van der Waals surface area contributed by atoms with Crippen molar-refractivity contribution in [1.29, 1.82) is 0 Å². The lowest BCUT2D eigenvalue weighted by atomic mass is 10.1. The van der Waals surface area contributed by atoms with Crippen LogP contribution in [0.3, 0.4) is 0 Å². The second-order valence-corrected chi connectivity index (χ2v) is 6.53. The first-order valence-electron chi connectivity index (χ1n) is 7.37. The lowest BCUT2D eigenvalue weighted by Crippen LogP contribution is -2.34. The van der Waals surface area contributed by atoms with Gasteiger partial charge in [0.2, 0.25) is 0 Å². The number of rotatable bonds is 7. The molecule has 3 amide bonds. The molecule has 1 aromatic carbocycles. The molecule has 1 saturated heterocycles. The summed E-state index contributed by atoms with van der Waals surface area (Å²) in [6.07, 6.45) is 1.43. The number of amides is 3. The summed E-state index contributed by atoms with van der Waals surface area (Å²) in [5, 5.41) is -0.466. The minimum absolute atomic E-state index is 0.104. The van der Waals surface area contributed by atoms with Crippen LogP contribution >= 0.6 is 23.4 Å². The molecular weight excluding hydrogens is 400 g/mol. The van der Waals surface area contributed by atoms with E-state index in [0.29, 0.717) is 17.3 Å². The largest absolute Gasteiger partial charge is 0.493 e. The Morgan fingerprint density at radius 1 is 1.30 bits per heavy atom. The minimum atomic E-state index is -0.709. The van der Waals surface area contributed by atoms with Crippen molar-refractivity contribution >= 4 is 52.5 Å². The van der Waals surface area contributed by atoms with Crippen LogP contribution in [-0.2, 0) is 19.1 Å². The number of methoxy groups -OCH3 is 2. The summed E-state index contributed by atoms with van der Waals surface area (Å²) in [5.74, 6) is -1.69. The molecule has 0 radical (unpaired) electrons. The summed E-state index contributed by atoms with van der Waals surface area (Å²) in [6, 6.07) is 2.98. The van der Waals surface area contributed by atoms with Gasteiger partial charge in [0.1, 0.15) is 6.54 Å². The molecule has 27 heavy (non-hydrogen) atoms. The zero-order valence-electron chi connectivity index (χ0n) is 14.3. The standard InChI is InChI=1S/C16H15ClN2O7S/c1-24-10-4-8(3-9(17)14(10)26-7-12(18)20)5-11-15(22)19(16(23)27-11)6-13(21)25-2/h3-5H,6-7H2,1-2H3,(H2,18,20)/b11-5-. The van der Waals surface area contributed by atoms with Crippen LogP contribution < -0.4 is 15.2 Å². The van der Waals surface area contributed by atoms with Gasteiger partial charge in [-0.25, -0.2) is 0 Å². The van der Waals surface area contributed by atoms with E-state index in [1.165, 1.54) is 25.3 Å². The molecule has 0 atom stereocenters. The molecule has 2 rings (SSSR count). The molecule has 9 nitrogen and oxygen atoms in total. The third-order valence-corrected chi connectivity index (χ3v) is 4.48. The predicted molar refractivity (Wildman–Crippen MR) is 97.4 cm³/mol. The number of ether oxygens (including phenoxy) is 3. The third kappa shape index (κ3) is 4.92. The van der Waals surface area contributed by atoms with Gasteiger partial charge >= 0.3 is 5.97 Å². The van der Waals surface area contributed by atoms with Crippen molar-refractivity contribution in [3.05, 3.63) is 27.6 Å². The number of primary amides is 1. The Bertz CT molecular complexity index is 840. The highest BCUT2D eigenvalue weighted by atomic mass is 35.5. The number of esters is 1. The number of thioether (sulfide) groups is 1. The summed E-state index contributed by atoms with van der Waals surface area (Å²) in [6.45, 7) is -0.857. The Hall–Kier alpha value is -2.72. The van der Waals surface area contributed by atoms with Gasteiger partial charge in [-0.2, -0.15) is 0 Å². The van der Waals surface area contributed by atoms with E-state index in [1.807, 2.05) is 0 Å². The summed E-state index contributed by atoms with van der Waals surface area (Å²) < 4.78 is 14.9. The van der Waals surface area contributed by atoms with Gasteiger partial charge in [0.15, 0.2) is 18.1 Å². The Labute approximate surface area is 163 Å². The molecule has 1 fully saturated rings. The number of hydrogen-bond acceptors (Lipinski definition) is 8. The zero-order valence-corrected chi connectivity index (χ0v) is 15.9. The first kappa shape index (κ1) is 20.6. The third-order valence-electron chi connectivity index (χ3n) is 3.30. The van der Waals surface area contributed by atoms with E-state index in [-0.39, 0.29) is 28.0 Å². The van der Waals surface area contributed by atoms with E-state index in [1.54, 1.807) is 0 Å². The number of halogens is 1. The number of carbonyl (C=O) groups excluding carboxylic acids is 4. The van der Waals surface area contributed by atoms with Crippen LogP contribution in [0.25, 0.3) is 6.08 Å². The SMILES string of the molecule is COC(=O)CN1C(=O)S/C(=C\c2cc(Cl)c(OCC(N)=O)c(OC)c2)C1=O. The maximum Gasteiger partial charge on any atom is 0.325 e. The van der Waals surface area contributed by atoms with Gasteiger partial charge in [0.05, 0.1) is 24.1 Å². The molecule has 11 heteroatoms. The van der Waals surface area contributed by atoms with Gasteiger partial charge in [0.25, 0.3) is 17.1 Å². The number of benzene rings is 1. The van der Waals surface area contributed by atoms with Gasteiger partial charge in [-0.1, -0.05) is 11.6 Å². The van der Waals surface area contributed by atoms with Crippen molar-refractivity contribution in [1.82, 2.24) is 4.90 Å². The molecule has 0 saturated carbocycles. The topological polar surface area (TPSA) is 125 Å². The van der Waals surface area contributed by atoms with Gasteiger partial charge in [0, 0.05) is 0 Å². The first-order chi connectivity index (χ1) is 12.8. The van der Waals surface area contributed by atoms with Crippen molar-refractivity contribution in [3.63, 3.8) is 0 Å². The van der Waals surface area contributed by atoms with Crippen molar-refractivity contribution in [3.8, 4) is 11.5 Å². The van der Waals surface area contributed by atoms with Crippen LogP contribution in [0.2, 0.25) is 5.02 Å². The van der Waals surface area contributed by atoms with Crippen LogP contribution in [-0.4, -0.2) is 55.3 Å². The number of imide groups is 1. The van der Waals surface area contributed by atoms with Crippen LogP contribution in [0.1, 0.15) is 5.56 Å².